The van der Waals surface area contributed by atoms with Crippen LogP contribution in [-0.4, -0.2) is 27.1 Å². The fourth-order valence-electron chi connectivity index (χ4n) is 2.21. The fraction of sp³-hybridized carbons (Fsp3) is 0.235. The first kappa shape index (κ1) is 17.9. The zero-order valence-corrected chi connectivity index (χ0v) is 14.3. The first-order chi connectivity index (χ1) is 11.3. The number of hydrogen-bond acceptors (Lipinski definition) is 3. The lowest BCUT2D eigenvalue weighted by Crippen LogP contribution is -2.40. The molecule has 7 heteroatoms. The average Bonchev–Trinajstić information content (AvgIpc) is 2.52. The summed E-state index contributed by atoms with van der Waals surface area (Å²) in [6.07, 6.45) is 1.06. The molecule has 1 N–H and O–H groups in total. The molecule has 0 aromatic heterocycles. The highest BCUT2D eigenvalue weighted by atomic mass is 32.2. The number of anilines is 1. The Morgan fingerprint density at radius 3 is 2.33 bits per heavy atom. The minimum atomic E-state index is -3.60. The lowest BCUT2D eigenvalue weighted by Gasteiger charge is -2.23. The predicted molar refractivity (Wildman–Crippen MR) is 91.6 cm³/mol. The van der Waals surface area contributed by atoms with Gasteiger partial charge in [0.15, 0.2) is 0 Å². The molecule has 0 unspecified atom stereocenters. The standard InChI is InChI=1S/C17H19FN2O3S/c1-13-5-3-4-6-16(13)20(24(2,22)23)12-17(21)19-11-14-7-9-15(18)10-8-14/h3-10H,11-12H2,1-2H3,(H,19,21). The van der Waals surface area contributed by atoms with Crippen molar-refractivity contribution >= 4 is 21.6 Å². The first-order valence-electron chi connectivity index (χ1n) is 7.32. The van der Waals surface area contributed by atoms with Crippen LogP contribution in [0.25, 0.3) is 0 Å². The van der Waals surface area contributed by atoms with Gasteiger partial charge in [0.2, 0.25) is 15.9 Å². The van der Waals surface area contributed by atoms with Crippen LogP contribution in [0, 0.1) is 12.7 Å². The number of nitrogens with zero attached hydrogens (tertiary/aromatic N) is 1. The number of aryl methyl sites for hydroxylation is 1. The van der Waals surface area contributed by atoms with Gasteiger partial charge in [-0.2, -0.15) is 0 Å². The first-order valence-corrected chi connectivity index (χ1v) is 9.16. The number of carbonyl (C=O) groups excluding carboxylic acids is 1. The largest absolute Gasteiger partial charge is 0.350 e. The Hall–Kier alpha value is -2.41. The van der Waals surface area contributed by atoms with Crippen LogP contribution in [-0.2, 0) is 21.4 Å². The van der Waals surface area contributed by atoms with Gasteiger partial charge in [0, 0.05) is 6.54 Å². The number of para-hydroxylation sites is 1. The van der Waals surface area contributed by atoms with Gasteiger partial charge in [-0.05, 0) is 36.2 Å². The molecule has 0 spiro atoms. The monoisotopic (exact) mass is 350 g/mol. The maximum Gasteiger partial charge on any atom is 0.241 e. The average molecular weight is 350 g/mol. The second-order valence-electron chi connectivity index (χ2n) is 5.46. The van der Waals surface area contributed by atoms with Crippen LogP contribution < -0.4 is 9.62 Å². The minimum absolute atomic E-state index is 0.199. The van der Waals surface area contributed by atoms with Crippen molar-refractivity contribution in [2.75, 3.05) is 17.1 Å². The quantitative estimate of drug-likeness (QED) is 0.869. The van der Waals surface area contributed by atoms with Gasteiger partial charge in [-0.1, -0.05) is 30.3 Å². The van der Waals surface area contributed by atoms with E-state index in [2.05, 4.69) is 5.32 Å². The molecule has 1 amide bonds. The molecule has 0 heterocycles. The van der Waals surface area contributed by atoms with Crippen molar-refractivity contribution in [2.24, 2.45) is 0 Å². The number of sulfonamides is 1. The summed E-state index contributed by atoms with van der Waals surface area (Å²) in [6.45, 7) is 1.67. The van der Waals surface area contributed by atoms with E-state index in [1.54, 1.807) is 43.3 Å². The lowest BCUT2D eigenvalue weighted by molar-refractivity contribution is -0.119. The molecule has 0 aliphatic heterocycles. The summed E-state index contributed by atoms with van der Waals surface area (Å²) in [5, 5.41) is 2.64. The number of benzene rings is 2. The van der Waals surface area contributed by atoms with Gasteiger partial charge in [0.25, 0.3) is 0 Å². The summed E-state index contributed by atoms with van der Waals surface area (Å²) in [5.74, 6) is -0.791. The Balaban J connectivity index is 2.08. The van der Waals surface area contributed by atoms with Gasteiger partial charge in [-0.3, -0.25) is 9.10 Å². The molecule has 24 heavy (non-hydrogen) atoms. The van der Waals surface area contributed by atoms with E-state index in [0.29, 0.717) is 5.69 Å². The maximum atomic E-state index is 12.9. The predicted octanol–water partition coefficient (Wildman–Crippen LogP) is 2.22. The third-order valence-corrected chi connectivity index (χ3v) is 4.60. The van der Waals surface area contributed by atoms with Crippen molar-refractivity contribution < 1.29 is 17.6 Å². The summed E-state index contributed by atoms with van der Waals surface area (Å²) in [7, 11) is -3.60. The van der Waals surface area contributed by atoms with Crippen molar-refractivity contribution in [3.8, 4) is 0 Å². The normalized spacial score (nSPS) is 11.1. The lowest BCUT2D eigenvalue weighted by atomic mass is 10.2. The van der Waals surface area contributed by atoms with Crippen molar-refractivity contribution in [3.05, 3.63) is 65.5 Å². The summed E-state index contributed by atoms with van der Waals surface area (Å²) in [6, 6.07) is 12.7. The molecule has 128 valence electrons. The van der Waals surface area contributed by atoms with Gasteiger partial charge >= 0.3 is 0 Å². The zero-order chi connectivity index (χ0) is 17.7. The van der Waals surface area contributed by atoms with Crippen LogP contribution >= 0.6 is 0 Å². The molecule has 2 rings (SSSR count). The van der Waals surface area contributed by atoms with Crippen LogP contribution in [0.5, 0.6) is 0 Å². The number of hydrogen-bond donors (Lipinski definition) is 1. The molecular weight excluding hydrogens is 331 g/mol. The fourth-order valence-corrected chi connectivity index (χ4v) is 3.13. The van der Waals surface area contributed by atoms with Crippen LogP contribution in [0.15, 0.2) is 48.5 Å². The van der Waals surface area contributed by atoms with Crippen molar-refractivity contribution in [1.82, 2.24) is 5.32 Å². The molecule has 0 saturated carbocycles. The third kappa shape index (κ3) is 4.79. The molecule has 2 aromatic carbocycles. The summed E-state index contributed by atoms with van der Waals surface area (Å²) in [5.41, 5.74) is 1.96. The Morgan fingerprint density at radius 1 is 1.12 bits per heavy atom. The van der Waals surface area contributed by atoms with E-state index in [1.807, 2.05) is 0 Å². The minimum Gasteiger partial charge on any atom is -0.350 e. The maximum absolute atomic E-state index is 12.9. The Bertz CT molecular complexity index is 820. The van der Waals surface area contributed by atoms with Gasteiger partial charge in [0.05, 0.1) is 11.9 Å². The SMILES string of the molecule is Cc1ccccc1N(CC(=O)NCc1ccc(F)cc1)S(C)(=O)=O. The topological polar surface area (TPSA) is 66.5 Å². The van der Waals surface area contributed by atoms with Gasteiger partial charge in [0.1, 0.15) is 12.4 Å². The van der Waals surface area contributed by atoms with Gasteiger partial charge in [-0.25, -0.2) is 12.8 Å². The van der Waals surface area contributed by atoms with E-state index in [0.717, 1.165) is 21.7 Å². The van der Waals surface area contributed by atoms with Crippen LogP contribution in [0.3, 0.4) is 0 Å². The summed E-state index contributed by atoms with van der Waals surface area (Å²) in [4.78, 5) is 12.1. The van der Waals surface area contributed by atoms with Gasteiger partial charge in [-0.15, -0.1) is 0 Å². The third-order valence-electron chi connectivity index (χ3n) is 3.47. The van der Waals surface area contributed by atoms with Crippen molar-refractivity contribution in [3.63, 3.8) is 0 Å². The molecule has 0 radical (unpaired) electrons. The number of carbonyl (C=O) groups is 1. The number of rotatable bonds is 6. The summed E-state index contributed by atoms with van der Waals surface area (Å²) >= 11 is 0. The Labute approximate surface area is 141 Å². The molecule has 0 aliphatic carbocycles. The van der Waals surface area contributed by atoms with Crippen LogP contribution in [0.4, 0.5) is 10.1 Å². The van der Waals surface area contributed by atoms with E-state index in [4.69, 9.17) is 0 Å². The number of halogens is 1. The second-order valence-corrected chi connectivity index (χ2v) is 7.37. The highest BCUT2D eigenvalue weighted by Crippen LogP contribution is 2.21. The summed E-state index contributed by atoms with van der Waals surface area (Å²) < 4.78 is 38.0. The highest BCUT2D eigenvalue weighted by Gasteiger charge is 2.21. The second kappa shape index (κ2) is 7.44. The van der Waals surface area contributed by atoms with Crippen LogP contribution in [0.2, 0.25) is 0 Å². The molecule has 0 aliphatic rings. The number of amides is 1. The van der Waals surface area contributed by atoms with E-state index in [9.17, 15) is 17.6 Å². The molecular formula is C17H19FN2O3S. The zero-order valence-electron chi connectivity index (χ0n) is 13.5. The molecule has 2 aromatic rings. The molecule has 0 atom stereocenters. The smallest absolute Gasteiger partial charge is 0.241 e. The molecule has 0 saturated heterocycles. The molecule has 0 bridgehead atoms. The van der Waals surface area contributed by atoms with Crippen molar-refractivity contribution in [1.29, 1.82) is 0 Å². The molecule has 5 nitrogen and oxygen atoms in total. The van der Waals surface area contributed by atoms with E-state index in [1.165, 1.54) is 12.1 Å². The Morgan fingerprint density at radius 2 is 1.75 bits per heavy atom. The van der Waals surface area contributed by atoms with Gasteiger partial charge < -0.3 is 5.32 Å². The molecule has 0 fully saturated rings. The Kier molecular flexibility index (Phi) is 5.56. The van der Waals surface area contributed by atoms with E-state index < -0.39 is 15.9 Å². The van der Waals surface area contributed by atoms with E-state index >= 15 is 0 Å². The van der Waals surface area contributed by atoms with Crippen LogP contribution in [0.1, 0.15) is 11.1 Å². The van der Waals surface area contributed by atoms with E-state index in [-0.39, 0.29) is 18.9 Å². The highest BCUT2D eigenvalue weighted by molar-refractivity contribution is 7.92. The number of nitrogens with one attached hydrogen (secondary N) is 1. The van der Waals surface area contributed by atoms with Crippen molar-refractivity contribution in [2.45, 2.75) is 13.5 Å².